The zero-order chi connectivity index (χ0) is 13.0. The quantitative estimate of drug-likeness (QED) is 0.508. The van der Waals surface area contributed by atoms with E-state index in [1.165, 1.54) is 4.90 Å². The van der Waals surface area contributed by atoms with E-state index in [9.17, 15) is 19.8 Å². The molecule has 1 heterocycles. The standard InChI is InChI=1S/C10H18N2O5/c1-2-3-6(9(15)16)11-10(17)12-4-7(13)8(14)5-12/h6-8,13-14H,2-5H2,1H3,(H,11,17)(H,15,16). The Morgan fingerprint density at radius 1 is 1.35 bits per heavy atom. The zero-order valence-electron chi connectivity index (χ0n) is 9.67. The van der Waals surface area contributed by atoms with E-state index in [1.54, 1.807) is 0 Å². The number of carbonyl (C=O) groups is 2. The molecule has 0 spiro atoms. The van der Waals surface area contributed by atoms with Crippen LogP contribution in [0.2, 0.25) is 0 Å². The molecule has 17 heavy (non-hydrogen) atoms. The number of likely N-dealkylation sites (tertiary alicyclic amines) is 1. The minimum atomic E-state index is -1.08. The van der Waals surface area contributed by atoms with Crippen molar-refractivity contribution in [3.05, 3.63) is 0 Å². The van der Waals surface area contributed by atoms with Crippen molar-refractivity contribution in [2.45, 2.75) is 38.0 Å². The number of amides is 2. The summed E-state index contributed by atoms with van der Waals surface area (Å²) < 4.78 is 0. The number of β-amino-alcohol motifs (C(OH)–C–C–N with tert-alkyl or cyclic N) is 2. The Kier molecular flexibility index (Phi) is 4.71. The number of carbonyl (C=O) groups excluding carboxylic acids is 1. The van der Waals surface area contributed by atoms with Gasteiger partial charge in [-0.15, -0.1) is 0 Å². The second-order valence-electron chi connectivity index (χ2n) is 4.17. The van der Waals surface area contributed by atoms with Crippen LogP contribution in [0.1, 0.15) is 19.8 Å². The van der Waals surface area contributed by atoms with Crippen LogP contribution in [0.4, 0.5) is 4.79 Å². The Morgan fingerprint density at radius 3 is 2.29 bits per heavy atom. The number of rotatable bonds is 4. The highest BCUT2D eigenvalue weighted by Gasteiger charge is 2.33. The zero-order valence-corrected chi connectivity index (χ0v) is 9.67. The molecule has 1 fully saturated rings. The summed E-state index contributed by atoms with van der Waals surface area (Å²) in [7, 11) is 0. The minimum absolute atomic E-state index is 0.0193. The van der Waals surface area contributed by atoms with Gasteiger partial charge in [-0.2, -0.15) is 0 Å². The van der Waals surface area contributed by atoms with E-state index in [0.717, 1.165) is 0 Å². The van der Waals surface area contributed by atoms with E-state index >= 15 is 0 Å². The molecule has 7 nitrogen and oxygen atoms in total. The average Bonchev–Trinajstić information content (AvgIpc) is 2.58. The minimum Gasteiger partial charge on any atom is -0.480 e. The SMILES string of the molecule is CCCC(NC(=O)N1CC(O)C(O)C1)C(=O)O. The number of hydrogen-bond acceptors (Lipinski definition) is 4. The van der Waals surface area contributed by atoms with Crippen LogP contribution < -0.4 is 5.32 Å². The third-order valence-electron chi connectivity index (χ3n) is 2.72. The Morgan fingerprint density at radius 2 is 1.88 bits per heavy atom. The van der Waals surface area contributed by atoms with Gasteiger partial charge in [0, 0.05) is 0 Å². The fraction of sp³-hybridized carbons (Fsp3) is 0.800. The lowest BCUT2D eigenvalue weighted by Crippen LogP contribution is -2.47. The van der Waals surface area contributed by atoms with Crippen LogP contribution in [-0.2, 0) is 4.79 Å². The highest BCUT2D eigenvalue weighted by Crippen LogP contribution is 2.10. The summed E-state index contributed by atoms with van der Waals surface area (Å²) in [5.74, 6) is -1.08. The second kappa shape index (κ2) is 5.83. The van der Waals surface area contributed by atoms with Crippen LogP contribution >= 0.6 is 0 Å². The van der Waals surface area contributed by atoms with Gasteiger partial charge in [0.2, 0.25) is 0 Å². The van der Waals surface area contributed by atoms with Gasteiger partial charge in [0.1, 0.15) is 6.04 Å². The lowest BCUT2D eigenvalue weighted by atomic mass is 10.2. The molecule has 0 radical (unpaired) electrons. The maximum Gasteiger partial charge on any atom is 0.326 e. The summed E-state index contributed by atoms with van der Waals surface area (Å²) >= 11 is 0. The number of carboxylic acid groups (broad SMARTS) is 1. The summed E-state index contributed by atoms with van der Waals surface area (Å²) in [6, 6.07) is -1.50. The van der Waals surface area contributed by atoms with E-state index < -0.39 is 30.3 Å². The predicted octanol–water partition coefficient (Wildman–Crippen LogP) is -1.01. The largest absolute Gasteiger partial charge is 0.480 e. The number of carboxylic acids is 1. The van der Waals surface area contributed by atoms with Gasteiger partial charge < -0.3 is 25.5 Å². The summed E-state index contributed by atoms with van der Waals surface area (Å²) in [6.45, 7) is 1.86. The molecule has 0 aromatic heterocycles. The molecule has 1 saturated heterocycles. The van der Waals surface area contributed by atoms with Crippen molar-refractivity contribution in [1.82, 2.24) is 10.2 Å². The van der Waals surface area contributed by atoms with Crippen LogP contribution in [0.15, 0.2) is 0 Å². The lowest BCUT2D eigenvalue weighted by Gasteiger charge is -2.20. The van der Waals surface area contributed by atoms with Crippen LogP contribution in [0.5, 0.6) is 0 Å². The molecular weight excluding hydrogens is 228 g/mol. The highest BCUT2D eigenvalue weighted by atomic mass is 16.4. The summed E-state index contributed by atoms with van der Waals surface area (Å²) in [5.41, 5.74) is 0. The third-order valence-corrected chi connectivity index (χ3v) is 2.72. The molecular formula is C10H18N2O5. The van der Waals surface area contributed by atoms with Crippen molar-refractivity contribution in [3.63, 3.8) is 0 Å². The van der Waals surface area contributed by atoms with E-state index in [4.69, 9.17) is 5.11 Å². The van der Waals surface area contributed by atoms with Gasteiger partial charge in [0.05, 0.1) is 25.3 Å². The van der Waals surface area contributed by atoms with Crippen molar-refractivity contribution in [1.29, 1.82) is 0 Å². The topological polar surface area (TPSA) is 110 Å². The lowest BCUT2D eigenvalue weighted by molar-refractivity contribution is -0.139. The number of nitrogens with zero attached hydrogens (tertiary/aromatic N) is 1. The monoisotopic (exact) mass is 246 g/mol. The van der Waals surface area contributed by atoms with Crippen molar-refractivity contribution >= 4 is 12.0 Å². The summed E-state index contributed by atoms with van der Waals surface area (Å²) in [5, 5.41) is 29.8. The molecule has 4 N–H and O–H groups in total. The average molecular weight is 246 g/mol. The fourth-order valence-electron chi connectivity index (χ4n) is 1.72. The molecule has 0 aromatic rings. The maximum atomic E-state index is 11.7. The molecule has 1 aliphatic heterocycles. The molecule has 7 heteroatoms. The van der Waals surface area contributed by atoms with E-state index in [-0.39, 0.29) is 13.1 Å². The number of aliphatic hydroxyl groups is 2. The molecule has 1 rings (SSSR count). The van der Waals surface area contributed by atoms with Crippen molar-refractivity contribution in [3.8, 4) is 0 Å². The Labute approximate surface area is 99.0 Å². The number of nitrogens with one attached hydrogen (secondary N) is 1. The van der Waals surface area contributed by atoms with Gasteiger partial charge in [-0.3, -0.25) is 0 Å². The highest BCUT2D eigenvalue weighted by molar-refractivity contribution is 5.82. The second-order valence-corrected chi connectivity index (χ2v) is 4.17. The van der Waals surface area contributed by atoms with Crippen LogP contribution in [0, 0.1) is 0 Å². The summed E-state index contributed by atoms with van der Waals surface area (Å²) in [4.78, 5) is 23.7. The molecule has 3 atom stereocenters. The molecule has 98 valence electrons. The first kappa shape index (κ1) is 13.7. The number of urea groups is 1. The van der Waals surface area contributed by atoms with Crippen molar-refractivity contribution in [2.75, 3.05) is 13.1 Å². The number of aliphatic hydroxyl groups excluding tert-OH is 2. The van der Waals surface area contributed by atoms with Gasteiger partial charge in [-0.1, -0.05) is 13.3 Å². The first-order valence-electron chi connectivity index (χ1n) is 5.60. The molecule has 3 unspecified atom stereocenters. The fourth-order valence-corrected chi connectivity index (χ4v) is 1.72. The smallest absolute Gasteiger partial charge is 0.326 e. The van der Waals surface area contributed by atoms with Crippen LogP contribution in [0.25, 0.3) is 0 Å². The first-order chi connectivity index (χ1) is 7.95. The number of hydrogen-bond donors (Lipinski definition) is 4. The van der Waals surface area contributed by atoms with E-state index in [1.807, 2.05) is 6.92 Å². The van der Waals surface area contributed by atoms with Gasteiger partial charge in [-0.25, -0.2) is 9.59 Å². The molecule has 1 aliphatic rings. The van der Waals surface area contributed by atoms with E-state index in [0.29, 0.717) is 12.8 Å². The van der Waals surface area contributed by atoms with E-state index in [2.05, 4.69) is 5.32 Å². The first-order valence-corrected chi connectivity index (χ1v) is 5.60. The molecule has 0 aromatic carbocycles. The Balaban J connectivity index is 2.50. The normalized spacial score (nSPS) is 25.7. The molecule has 0 bridgehead atoms. The molecule has 2 amide bonds. The van der Waals surface area contributed by atoms with Gasteiger partial charge >= 0.3 is 12.0 Å². The summed E-state index contributed by atoms with van der Waals surface area (Å²) in [6.07, 6.45) is -0.937. The molecule has 0 saturated carbocycles. The van der Waals surface area contributed by atoms with Crippen LogP contribution in [0.3, 0.4) is 0 Å². The number of aliphatic carboxylic acids is 1. The maximum absolute atomic E-state index is 11.7. The van der Waals surface area contributed by atoms with Gasteiger partial charge in [0.15, 0.2) is 0 Å². The molecule has 0 aliphatic carbocycles. The van der Waals surface area contributed by atoms with Crippen molar-refractivity contribution in [2.24, 2.45) is 0 Å². The van der Waals surface area contributed by atoms with Gasteiger partial charge in [0.25, 0.3) is 0 Å². The third kappa shape index (κ3) is 3.57. The Hall–Kier alpha value is -1.34. The van der Waals surface area contributed by atoms with Crippen molar-refractivity contribution < 1.29 is 24.9 Å². The van der Waals surface area contributed by atoms with Gasteiger partial charge in [-0.05, 0) is 6.42 Å². The van der Waals surface area contributed by atoms with Crippen LogP contribution in [-0.4, -0.2) is 63.6 Å². The Bertz CT molecular complexity index is 286. The predicted molar refractivity (Wildman–Crippen MR) is 58.5 cm³/mol.